The SMILES string of the molecule is O=C(NCCC(F)(F)F)c1cc(Cl)cc(Br)c1. The van der Waals surface area contributed by atoms with E-state index in [1.165, 1.54) is 12.1 Å². The molecule has 0 heterocycles. The summed E-state index contributed by atoms with van der Waals surface area (Å²) in [5.74, 6) is -0.586. The molecular formula is C10H8BrClF3NO. The highest BCUT2D eigenvalue weighted by molar-refractivity contribution is 9.10. The summed E-state index contributed by atoms with van der Waals surface area (Å²) in [7, 11) is 0. The zero-order valence-electron chi connectivity index (χ0n) is 8.44. The summed E-state index contributed by atoms with van der Waals surface area (Å²) in [5.41, 5.74) is 0.214. The average Bonchev–Trinajstić information content (AvgIpc) is 2.13. The van der Waals surface area contributed by atoms with Gasteiger partial charge in [-0.25, -0.2) is 0 Å². The Kier molecular flexibility index (Phi) is 4.82. The van der Waals surface area contributed by atoms with Crippen LogP contribution >= 0.6 is 27.5 Å². The van der Waals surface area contributed by atoms with Crippen LogP contribution < -0.4 is 5.32 Å². The molecule has 1 aromatic carbocycles. The Morgan fingerprint density at radius 3 is 2.53 bits per heavy atom. The minimum absolute atomic E-state index is 0.214. The Labute approximate surface area is 109 Å². The summed E-state index contributed by atoms with van der Waals surface area (Å²) in [5, 5.41) is 2.51. The molecule has 7 heteroatoms. The summed E-state index contributed by atoms with van der Waals surface area (Å²) < 4.78 is 36.2. The number of halogens is 5. The summed E-state index contributed by atoms with van der Waals surface area (Å²) in [6.07, 6.45) is -5.33. The second-order valence-corrected chi connectivity index (χ2v) is 4.63. The van der Waals surface area contributed by atoms with Gasteiger partial charge in [-0.15, -0.1) is 0 Å². The number of amides is 1. The van der Waals surface area contributed by atoms with Gasteiger partial charge in [-0.2, -0.15) is 13.2 Å². The van der Waals surface area contributed by atoms with Crippen LogP contribution in [0, 0.1) is 0 Å². The Hall–Kier alpha value is -0.750. The summed E-state index contributed by atoms with van der Waals surface area (Å²) >= 11 is 8.85. The lowest BCUT2D eigenvalue weighted by Gasteiger charge is -2.08. The van der Waals surface area contributed by atoms with E-state index in [0.717, 1.165) is 0 Å². The van der Waals surface area contributed by atoms with Crippen LogP contribution in [0.1, 0.15) is 16.8 Å². The van der Waals surface area contributed by atoms with Gasteiger partial charge < -0.3 is 5.32 Å². The van der Waals surface area contributed by atoms with E-state index in [1.807, 2.05) is 0 Å². The van der Waals surface area contributed by atoms with Crippen LogP contribution in [-0.2, 0) is 0 Å². The zero-order chi connectivity index (χ0) is 13.1. The first-order chi connectivity index (χ1) is 7.78. The van der Waals surface area contributed by atoms with Gasteiger partial charge in [-0.3, -0.25) is 4.79 Å². The number of carbonyl (C=O) groups excluding carboxylic acids is 1. The molecule has 0 bridgehead atoms. The highest BCUT2D eigenvalue weighted by Crippen LogP contribution is 2.20. The Morgan fingerprint density at radius 1 is 1.35 bits per heavy atom. The average molecular weight is 331 g/mol. The van der Waals surface area contributed by atoms with E-state index in [0.29, 0.717) is 9.50 Å². The minimum Gasteiger partial charge on any atom is -0.352 e. The lowest BCUT2D eigenvalue weighted by atomic mass is 10.2. The second kappa shape index (κ2) is 5.73. The van der Waals surface area contributed by atoms with E-state index >= 15 is 0 Å². The molecule has 1 aromatic rings. The number of rotatable bonds is 3. The van der Waals surface area contributed by atoms with Crippen molar-refractivity contribution in [3.05, 3.63) is 33.3 Å². The van der Waals surface area contributed by atoms with Crippen molar-refractivity contribution in [1.29, 1.82) is 0 Å². The molecule has 2 nitrogen and oxygen atoms in total. The van der Waals surface area contributed by atoms with Crippen LogP contribution in [0.5, 0.6) is 0 Å². The van der Waals surface area contributed by atoms with Crippen LogP contribution in [0.4, 0.5) is 13.2 Å². The number of hydrogen-bond acceptors (Lipinski definition) is 1. The number of benzene rings is 1. The number of nitrogens with one attached hydrogen (secondary N) is 1. The van der Waals surface area contributed by atoms with Crippen LogP contribution in [-0.4, -0.2) is 18.6 Å². The molecule has 0 saturated heterocycles. The maximum absolute atomic E-state index is 11.9. The van der Waals surface area contributed by atoms with Gasteiger partial charge in [0.15, 0.2) is 0 Å². The molecule has 0 aliphatic rings. The molecule has 0 aliphatic heterocycles. The largest absolute Gasteiger partial charge is 0.390 e. The topological polar surface area (TPSA) is 29.1 Å². The maximum atomic E-state index is 11.9. The van der Waals surface area contributed by atoms with E-state index in [4.69, 9.17) is 11.6 Å². The molecule has 1 amide bonds. The fourth-order valence-corrected chi connectivity index (χ4v) is 1.96. The summed E-state index contributed by atoms with van der Waals surface area (Å²) in [6, 6.07) is 4.44. The number of carbonyl (C=O) groups is 1. The van der Waals surface area contributed by atoms with Gasteiger partial charge in [0.25, 0.3) is 5.91 Å². The maximum Gasteiger partial charge on any atom is 0.390 e. The number of alkyl halides is 3. The third kappa shape index (κ3) is 5.41. The first-order valence-electron chi connectivity index (χ1n) is 4.59. The molecule has 0 unspecified atom stereocenters. The molecule has 94 valence electrons. The first kappa shape index (κ1) is 14.3. The normalized spacial score (nSPS) is 11.4. The molecule has 0 spiro atoms. The third-order valence-electron chi connectivity index (χ3n) is 1.82. The lowest BCUT2D eigenvalue weighted by Crippen LogP contribution is -2.27. The first-order valence-corrected chi connectivity index (χ1v) is 5.76. The highest BCUT2D eigenvalue weighted by Gasteiger charge is 2.26. The van der Waals surface area contributed by atoms with Crippen molar-refractivity contribution < 1.29 is 18.0 Å². The molecule has 0 radical (unpaired) electrons. The van der Waals surface area contributed by atoms with Gasteiger partial charge in [0.05, 0.1) is 6.42 Å². The molecule has 0 aliphatic carbocycles. The van der Waals surface area contributed by atoms with Crippen molar-refractivity contribution in [2.24, 2.45) is 0 Å². The monoisotopic (exact) mass is 329 g/mol. The molecule has 1 rings (SSSR count). The van der Waals surface area contributed by atoms with Crippen molar-refractivity contribution in [3.8, 4) is 0 Å². The van der Waals surface area contributed by atoms with Crippen molar-refractivity contribution in [2.75, 3.05) is 6.54 Å². The predicted molar refractivity (Wildman–Crippen MR) is 62.2 cm³/mol. The fraction of sp³-hybridized carbons (Fsp3) is 0.300. The third-order valence-corrected chi connectivity index (χ3v) is 2.49. The van der Waals surface area contributed by atoms with Crippen LogP contribution in [0.2, 0.25) is 5.02 Å². The second-order valence-electron chi connectivity index (χ2n) is 3.28. The van der Waals surface area contributed by atoms with Crippen LogP contribution in [0.25, 0.3) is 0 Å². The quantitative estimate of drug-likeness (QED) is 0.898. The molecule has 0 aromatic heterocycles. The van der Waals surface area contributed by atoms with Gasteiger partial charge in [0.2, 0.25) is 0 Å². The van der Waals surface area contributed by atoms with E-state index < -0.39 is 25.0 Å². The van der Waals surface area contributed by atoms with Crippen molar-refractivity contribution in [1.82, 2.24) is 5.32 Å². The van der Waals surface area contributed by atoms with Crippen LogP contribution in [0.3, 0.4) is 0 Å². The van der Waals surface area contributed by atoms with E-state index in [2.05, 4.69) is 21.2 Å². The fourth-order valence-electron chi connectivity index (χ4n) is 1.10. The molecule has 0 fully saturated rings. The predicted octanol–water partition coefficient (Wildman–Crippen LogP) is 3.78. The van der Waals surface area contributed by atoms with Crippen molar-refractivity contribution >= 4 is 33.4 Å². The van der Waals surface area contributed by atoms with Gasteiger partial charge in [0.1, 0.15) is 0 Å². The number of hydrogen-bond donors (Lipinski definition) is 1. The van der Waals surface area contributed by atoms with E-state index in [9.17, 15) is 18.0 Å². The summed E-state index contributed by atoms with van der Waals surface area (Å²) in [6.45, 7) is -0.452. The molecule has 0 atom stereocenters. The van der Waals surface area contributed by atoms with E-state index in [-0.39, 0.29) is 5.56 Å². The standard InChI is InChI=1S/C10H8BrClF3NO/c11-7-3-6(4-8(12)5-7)9(17)16-2-1-10(13,14)15/h3-5H,1-2H2,(H,16,17). The molecular weight excluding hydrogens is 322 g/mol. The summed E-state index contributed by atoms with van der Waals surface area (Å²) in [4.78, 5) is 11.5. The van der Waals surface area contributed by atoms with Crippen molar-refractivity contribution in [3.63, 3.8) is 0 Å². The van der Waals surface area contributed by atoms with E-state index in [1.54, 1.807) is 6.07 Å². The smallest absolute Gasteiger partial charge is 0.352 e. The molecule has 1 N–H and O–H groups in total. The van der Waals surface area contributed by atoms with Crippen LogP contribution in [0.15, 0.2) is 22.7 Å². The highest BCUT2D eigenvalue weighted by atomic mass is 79.9. The lowest BCUT2D eigenvalue weighted by molar-refractivity contribution is -0.132. The Balaban J connectivity index is 2.58. The Bertz CT molecular complexity index is 402. The molecule has 0 saturated carbocycles. The van der Waals surface area contributed by atoms with Gasteiger partial charge >= 0.3 is 6.18 Å². The Morgan fingerprint density at radius 2 is 2.00 bits per heavy atom. The van der Waals surface area contributed by atoms with Gasteiger partial charge in [0, 0.05) is 21.6 Å². The van der Waals surface area contributed by atoms with Crippen molar-refractivity contribution in [2.45, 2.75) is 12.6 Å². The minimum atomic E-state index is -4.28. The zero-order valence-corrected chi connectivity index (χ0v) is 10.8. The van der Waals surface area contributed by atoms with Gasteiger partial charge in [-0.05, 0) is 18.2 Å². The van der Waals surface area contributed by atoms with Gasteiger partial charge in [-0.1, -0.05) is 27.5 Å². The molecule has 17 heavy (non-hydrogen) atoms.